The molecular formula is C19H20O2. The summed E-state index contributed by atoms with van der Waals surface area (Å²) >= 11 is 0. The van der Waals surface area contributed by atoms with E-state index in [9.17, 15) is 4.79 Å². The minimum atomic E-state index is -0.562. The van der Waals surface area contributed by atoms with Crippen molar-refractivity contribution < 1.29 is 9.53 Å². The molecule has 2 heteroatoms. The highest BCUT2D eigenvalue weighted by molar-refractivity contribution is 5.87. The maximum atomic E-state index is 12.6. The maximum absolute atomic E-state index is 12.6. The Morgan fingerprint density at radius 2 is 1.76 bits per heavy atom. The zero-order valence-corrected chi connectivity index (χ0v) is 12.5. The zero-order chi connectivity index (χ0) is 14.9. The second-order valence-corrected chi connectivity index (χ2v) is 5.70. The first kappa shape index (κ1) is 13.9. The van der Waals surface area contributed by atoms with Crippen molar-refractivity contribution in [2.45, 2.75) is 31.6 Å². The lowest BCUT2D eigenvalue weighted by Crippen LogP contribution is -2.36. The van der Waals surface area contributed by atoms with Crippen LogP contribution in [0, 0.1) is 6.92 Å². The fourth-order valence-electron chi connectivity index (χ4n) is 3.55. The highest BCUT2D eigenvalue weighted by atomic mass is 16.5. The molecule has 1 heterocycles. The molecule has 108 valence electrons. The summed E-state index contributed by atoms with van der Waals surface area (Å²) in [5.41, 5.74) is 2.93. The molecule has 1 fully saturated rings. The Kier molecular flexibility index (Phi) is 3.54. The first-order valence-corrected chi connectivity index (χ1v) is 7.48. The fraction of sp³-hybridized carbons (Fsp3) is 0.316. The number of cyclic esters (lactones) is 1. The Morgan fingerprint density at radius 3 is 2.43 bits per heavy atom. The minimum Gasteiger partial charge on any atom is -0.464 e. The number of hydrogen-bond acceptors (Lipinski definition) is 2. The van der Waals surface area contributed by atoms with Crippen molar-refractivity contribution in [2.24, 2.45) is 0 Å². The first-order valence-electron chi connectivity index (χ1n) is 7.48. The van der Waals surface area contributed by atoms with E-state index < -0.39 is 5.41 Å². The van der Waals surface area contributed by atoms with E-state index in [0.717, 1.165) is 12.0 Å². The van der Waals surface area contributed by atoms with Gasteiger partial charge in [0.1, 0.15) is 5.41 Å². The van der Waals surface area contributed by atoms with Crippen molar-refractivity contribution in [1.82, 2.24) is 0 Å². The third kappa shape index (κ3) is 2.06. The van der Waals surface area contributed by atoms with Crippen LogP contribution in [0.25, 0.3) is 0 Å². The molecule has 0 spiro atoms. The number of hydrogen-bond donors (Lipinski definition) is 0. The zero-order valence-electron chi connectivity index (χ0n) is 12.5. The van der Waals surface area contributed by atoms with Crippen LogP contribution in [-0.2, 0) is 14.9 Å². The molecule has 0 saturated carbocycles. The summed E-state index contributed by atoms with van der Waals surface area (Å²) in [7, 11) is 0. The fourth-order valence-corrected chi connectivity index (χ4v) is 3.55. The van der Waals surface area contributed by atoms with Crippen LogP contribution < -0.4 is 0 Å². The molecule has 0 bridgehead atoms. The van der Waals surface area contributed by atoms with E-state index in [1.165, 1.54) is 11.1 Å². The number of carbonyl (C=O) groups excluding carboxylic acids is 1. The molecule has 3 rings (SSSR count). The van der Waals surface area contributed by atoms with Crippen LogP contribution in [0.4, 0.5) is 0 Å². The molecule has 0 aliphatic carbocycles. The van der Waals surface area contributed by atoms with Crippen molar-refractivity contribution in [1.29, 1.82) is 0 Å². The molecule has 1 aliphatic heterocycles. The van der Waals surface area contributed by atoms with Crippen LogP contribution in [0.15, 0.2) is 54.6 Å². The second-order valence-electron chi connectivity index (χ2n) is 5.70. The number of carbonyl (C=O) groups is 1. The topological polar surface area (TPSA) is 26.3 Å². The number of rotatable bonds is 3. The van der Waals surface area contributed by atoms with Gasteiger partial charge in [-0.2, -0.15) is 0 Å². The van der Waals surface area contributed by atoms with Crippen LogP contribution in [0.3, 0.4) is 0 Å². The SMILES string of the molecule is CC[C@@]1(c2ccccc2)C(=O)OC[C@H]1c1ccccc1C. The average Bonchev–Trinajstić information content (AvgIpc) is 2.86. The quantitative estimate of drug-likeness (QED) is 0.795. The summed E-state index contributed by atoms with van der Waals surface area (Å²) < 4.78 is 5.50. The van der Waals surface area contributed by atoms with Crippen LogP contribution >= 0.6 is 0 Å². The van der Waals surface area contributed by atoms with E-state index >= 15 is 0 Å². The lowest BCUT2D eigenvalue weighted by Gasteiger charge is -2.31. The molecule has 0 radical (unpaired) electrons. The summed E-state index contributed by atoms with van der Waals surface area (Å²) in [4.78, 5) is 12.6. The van der Waals surface area contributed by atoms with Gasteiger partial charge in [-0.15, -0.1) is 0 Å². The number of aryl methyl sites for hydroxylation is 1. The van der Waals surface area contributed by atoms with E-state index in [-0.39, 0.29) is 11.9 Å². The lowest BCUT2D eigenvalue weighted by molar-refractivity contribution is -0.142. The lowest BCUT2D eigenvalue weighted by atomic mass is 9.67. The summed E-state index contributed by atoms with van der Waals surface area (Å²) in [6, 6.07) is 18.3. The van der Waals surface area contributed by atoms with Gasteiger partial charge in [-0.05, 0) is 30.0 Å². The Balaban J connectivity index is 2.17. The van der Waals surface area contributed by atoms with Gasteiger partial charge in [-0.25, -0.2) is 0 Å². The van der Waals surface area contributed by atoms with Gasteiger partial charge in [-0.1, -0.05) is 61.5 Å². The predicted molar refractivity (Wildman–Crippen MR) is 83.3 cm³/mol. The van der Waals surface area contributed by atoms with Gasteiger partial charge >= 0.3 is 5.97 Å². The molecule has 1 saturated heterocycles. The Morgan fingerprint density at radius 1 is 1.10 bits per heavy atom. The monoisotopic (exact) mass is 280 g/mol. The molecule has 2 atom stereocenters. The van der Waals surface area contributed by atoms with Crippen LogP contribution in [0.1, 0.15) is 36.0 Å². The third-order valence-corrected chi connectivity index (χ3v) is 4.75. The van der Waals surface area contributed by atoms with Crippen molar-refractivity contribution in [3.8, 4) is 0 Å². The van der Waals surface area contributed by atoms with Crippen LogP contribution in [0.5, 0.6) is 0 Å². The molecule has 2 aromatic rings. The van der Waals surface area contributed by atoms with Gasteiger partial charge < -0.3 is 4.74 Å². The highest BCUT2D eigenvalue weighted by Gasteiger charge is 2.53. The molecular weight excluding hydrogens is 260 g/mol. The van der Waals surface area contributed by atoms with Crippen molar-refractivity contribution in [3.63, 3.8) is 0 Å². The summed E-state index contributed by atoms with van der Waals surface area (Å²) in [5.74, 6) is -0.0111. The summed E-state index contributed by atoms with van der Waals surface area (Å²) in [5, 5.41) is 0. The average molecular weight is 280 g/mol. The van der Waals surface area contributed by atoms with E-state index in [1.54, 1.807) is 0 Å². The molecule has 0 amide bonds. The van der Waals surface area contributed by atoms with Gasteiger partial charge in [-0.3, -0.25) is 4.79 Å². The molecule has 1 aliphatic rings. The van der Waals surface area contributed by atoms with Gasteiger partial charge in [0.15, 0.2) is 0 Å². The maximum Gasteiger partial charge on any atom is 0.317 e. The first-order chi connectivity index (χ1) is 10.2. The van der Waals surface area contributed by atoms with E-state index in [1.807, 2.05) is 42.5 Å². The Hall–Kier alpha value is -2.09. The van der Waals surface area contributed by atoms with Crippen LogP contribution in [0.2, 0.25) is 0 Å². The van der Waals surface area contributed by atoms with Crippen molar-refractivity contribution in [2.75, 3.05) is 6.61 Å². The molecule has 0 aromatic heterocycles. The van der Waals surface area contributed by atoms with Crippen molar-refractivity contribution in [3.05, 3.63) is 71.3 Å². The third-order valence-electron chi connectivity index (χ3n) is 4.75. The summed E-state index contributed by atoms with van der Waals surface area (Å²) in [6.45, 7) is 4.64. The largest absolute Gasteiger partial charge is 0.464 e. The Bertz CT molecular complexity index is 648. The number of ether oxygens (including phenoxy) is 1. The molecule has 0 unspecified atom stereocenters. The highest BCUT2D eigenvalue weighted by Crippen LogP contribution is 2.48. The molecule has 2 aromatic carbocycles. The van der Waals surface area contributed by atoms with Gasteiger partial charge in [0.2, 0.25) is 0 Å². The smallest absolute Gasteiger partial charge is 0.317 e. The van der Waals surface area contributed by atoms with E-state index in [0.29, 0.717) is 6.61 Å². The number of esters is 1. The van der Waals surface area contributed by atoms with Gasteiger partial charge in [0, 0.05) is 5.92 Å². The normalized spacial score (nSPS) is 24.9. The molecule has 2 nitrogen and oxygen atoms in total. The van der Waals surface area contributed by atoms with Crippen LogP contribution in [-0.4, -0.2) is 12.6 Å². The van der Waals surface area contributed by atoms with Gasteiger partial charge in [0.05, 0.1) is 6.61 Å². The van der Waals surface area contributed by atoms with Crippen molar-refractivity contribution >= 4 is 5.97 Å². The summed E-state index contributed by atoms with van der Waals surface area (Å²) in [6.07, 6.45) is 0.745. The second kappa shape index (κ2) is 5.36. The van der Waals surface area contributed by atoms with Gasteiger partial charge in [0.25, 0.3) is 0 Å². The van der Waals surface area contributed by atoms with E-state index in [4.69, 9.17) is 4.74 Å². The number of benzene rings is 2. The van der Waals surface area contributed by atoms with E-state index in [2.05, 4.69) is 26.0 Å². The molecule has 0 N–H and O–H groups in total. The molecule has 21 heavy (non-hydrogen) atoms. The minimum absolute atomic E-state index is 0.0820. The standard InChI is InChI=1S/C19H20O2/c1-3-19(15-10-5-4-6-11-15)17(13-21-18(19)20)16-12-8-7-9-14(16)2/h4-12,17H,3,13H2,1-2H3/t17-,19-/m0/s1. The Labute approximate surface area is 125 Å². The predicted octanol–water partition coefficient (Wildman–Crippen LogP) is 3.98.